The van der Waals surface area contributed by atoms with Crippen molar-refractivity contribution in [3.05, 3.63) is 29.8 Å². The van der Waals surface area contributed by atoms with E-state index in [9.17, 15) is 13.2 Å². The maximum atomic E-state index is 12.5. The summed E-state index contributed by atoms with van der Waals surface area (Å²) in [6.07, 6.45) is 3.32. The molecule has 1 amide bonds. The summed E-state index contributed by atoms with van der Waals surface area (Å²) >= 11 is 0. The first kappa shape index (κ1) is 17.2. The Kier molecular flexibility index (Phi) is 4.84. The Bertz CT molecular complexity index is 660. The van der Waals surface area contributed by atoms with Gasteiger partial charge in [0.2, 0.25) is 0 Å². The van der Waals surface area contributed by atoms with Gasteiger partial charge in [0.1, 0.15) is 0 Å². The van der Waals surface area contributed by atoms with Gasteiger partial charge in [0.25, 0.3) is 5.91 Å². The van der Waals surface area contributed by atoms with Gasteiger partial charge < -0.3 is 10.6 Å². The van der Waals surface area contributed by atoms with Crippen LogP contribution in [0.25, 0.3) is 0 Å². The van der Waals surface area contributed by atoms with Gasteiger partial charge in [0, 0.05) is 31.0 Å². The molecule has 3 rings (SSSR count). The number of benzene rings is 1. The van der Waals surface area contributed by atoms with Crippen molar-refractivity contribution in [3.8, 4) is 0 Å². The molecule has 1 heterocycles. The highest BCUT2D eigenvalue weighted by molar-refractivity contribution is 7.90. The van der Waals surface area contributed by atoms with Crippen LogP contribution in [0, 0.1) is 11.8 Å². The van der Waals surface area contributed by atoms with Crippen molar-refractivity contribution in [2.75, 3.05) is 19.3 Å². The average Bonchev–Trinajstić information content (AvgIpc) is 3.00. The van der Waals surface area contributed by atoms with Crippen LogP contribution in [-0.2, 0) is 9.84 Å². The van der Waals surface area contributed by atoms with E-state index in [4.69, 9.17) is 5.73 Å². The van der Waals surface area contributed by atoms with E-state index in [1.807, 2.05) is 4.90 Å². The van der Waals surface area contributed by atoms with Crippen LogP contribution in [0.15, 0.2) is 29.2 Å². The van der Waals surface area contributed by atoms with Crippen molar-refractivity contribution in [3.63, 3.8) is 0 Å². The van der Waals surface area contributed by atoms with Gasteiger partial charge in [-0.15, -0.1) is 12.4 Å². The molecule has 3 unspecified atom stereocenters. The summed E-state index contributed by atoms with van der Waals surface area (Å²) in [4.78, 5) is 14.6. The topological polar surface area (TPSA) is 80.5 Å². The van der Waals surface area contributed by atoms with Gasteiger partial charge in [-0.1, -0.05) is 0 Å². The first-order valence-corrected chi connectivity index (χ1v) is 9.10. The molecule has 1 aliphatic carbocycles. The largest absolute Gasteiger partial charge is 0.338 e. The van der Waals surface area contributed by atoms with Crippen LogP contribution in [0.3, 0.4) is 0 Å². The third-order valence-corrected chi connectivity index (χ3v) is 5.86. The van der Waals surface area contributed by atoms with E-state index in [-0.39, 0.29) is 29.3 Å². The highest BCUT2D eigenvalue weighted by atomic mass is 35.5. The Morgan fingerprint density at radius 3 is 2.36 bits per heavy atom. The van der Waals surface area contributed by atoms with Crippen LogP contribution in [0.1, 0.15) is 23.2 Å². The number of nitrogens with two attached hydrogens (primary N) is 1. The third kappa shape index (κ3) is 3.14. The van der Waals surface area contributed by atoms with Crippen LogP contribution < -0.4 is 5.73 Å². The lowest BCUT2D eigenvalue weighted by Gasteiger charge is -2.19. The molecule has 22 heavy (non-hydrogen) atoms. The molecule has 5 nitrogen and oxygen atoms in total. The number of carbonyl (C=O) groups excluding carboxylic acids is 1. The van der Waals surface area contributed by atoms with E-state index < -0.39 is 9.84 Å². The summed E-state index contributed by atoms with van der Waals surface area (Å²) in [5.74, 6) is 0.917. The lowest BCUT2D eigenvalue weighted by Crippen LogP contribution is -2.33. The minimum absolute atomic E-state index is 0. The van der Waals surface area contributed by atoms with Crippen LogP contribution in [0.5, 0.6) is 0 Å². The van der Waals surface area contributed by atoms with Crippen molar-refractivity contribution < 1.29 is 13.2 Å². The zero-order chi connectivity index (χ0) is 15.2. The SMILES string of the molecule is CS(=O)(=O)c1ccc(C(=O)N2CC3CCC(N)C3C2)cc1.Cl. The van der Waals surface area contributed by atoms with Gasteiger partial charge >= 0.3 is 0 Å². The Morgan fingerprint density at radius 2 is 1.82 bits per heavy atom. The number of halogens is 1. The normalized spacial score (nSPS) is 27.4. The van der Waals surface area contributed by atoms with E-state index in [1.54, 1.807) is 12.1 Å². The zero-order valence-corrected chi connectivity index (χ0v) is 14.1. The van der Waals surface area contributed by atoms with Gasteiger partial charge in [-0.3, -0.25) is 4.79 Å². The predicted octanol–water partition coefficient (Wildman–Crippen LogP) is 1.32. The number of hydrogen-bond donors (Lipinski definition) is 1. The van der Waals surface area contributed by atoms with Crippen molar-refractivity contribution in [1.29, 1.82) is 0 Å². The van der Waals surface area contributed by atoms with Crippen molar-refractivity contribution >= 4 is 28.2 Å². The maximum Gasteiger partial charge on any atom is 0.253 e. The molecule has 2 fully saturated rings. The summed E-state index contributed by atoms with van der Waals surface area (Å²) in [6.45, 7) is 1.49. The standard InChI is InChI=1S/C15H20N2O3S.ClH/c1-21(19,20)12-5-2-10(3-6-12)15(18)17-8-11-4-7-14(16)13(11)9-17;/h2-3,5-6,11,13-14H,4,7-9,16H2,1H3;1H. The fraction of sp³-hybridized carbons (Fsp3) is 0.533. The average molecular weight is 345 g/mol. The molecule has 3 atom stereocenters. The number of carbonyl (C=O) groups is 1. The van der Waals surface area contributed by atoms with Gasteiger partial charge in [0.15, 0.2) is 9.84 Å². The molecule has 7 heteroatoms. The number of nitrogens with zero attached hydrogens (tertiary/aromatic N) is 1. The summed E-state index contributed by atoms with van der Waals surface area (Å²) in [5.41, 5.74) is 6.62. The lowest BCUT2D eigenvalue weighted by atomic mass is 9.98. The van der Waals surface area contributed by atoms with Gasteiger partial charge in [-0.05, 0) is 48.9 Å². The Morgan fingerprint density at radius 1 is 1.18 bits per heavy atom. The van der Waals surface area contributed by atoms with E-state index in [2.05, 4.69) is 0 Å². The molecule has 122 valence electrons. The van der Waals surface area contributed by atoms with Gasteiger partial charge in [0.05, 0.1) is 4.90 Å². The summed E-state index contributed by atoms with van der Waals surface area (Å²) in [7, 11) is -3.23. The molecule has 0 radical (unpaired) electrons. The Balaban J connectivity index is 0.00000176. The van der Waals surface area contributed by atoms with Crippen LogP contribution >= 0.6 is 12.4 Å². The number of likely N-dealkylation sites (tertiary alicyclic amines) is 1. The molecule has 1 saturated carbocycles. The van der Waals surface area contributed by atoms with E-state index in [0.29, 0.717) is 17.4 Å². The first-order chi connectivity index (χ1) is 9.86. The summed E-state index contributed by atoms with van der Waals surface area (Å²) in [6, 6.07) is 6.37. The van der Waals surface area contributed by atoms with Crippen LogP contribution in [0.2, 0.25) is 0 Å². The molecule has 0 bridgehead atoms. The number of fused-ring (bicyclic) bond motifs is 1. The van der Waals surface area contributed by atoms with Crippen LogP contribution in [0.4, 0.5) is 0 Å². The molecule has 1 aromatic rings. The molecular weight excluding hydrogens is 324 g/mol. The highest BCUT2D eigenvalue weighted by Crippen LogP contribution is 2.37. The van der Waals surface area contributed by atoms with E-state index in [0.717, 1.165) is 32.2 Å². The second-order valence-corrected chi connectivity index (χ2v) is 8.19. The highest BCUT2D eigenvalue weighted by Gasteiger charge is 2.42. The Labute approximate surface area is 137 Å². The second-order valence-electron chi connectivity index (χ2n) is 6.17. The fourth-order valence-corrected chi connectivity index (χ4v) is 4.13. The minimum atomic E-state index is -3.23. The molecule has 0 spiro atoms. The molecule has 0 aromatic heterocycles. The number of rotatable bonds is 2. The monoisotopic (exact) mass is 344 g/mol. The quantitative estimate of drug-likeness (QED) is 0.877. The second kappa shape index (κ2) is 6.18. The number of sulfone groups is 1. The first-order valence-electron chi connectivity index (χ1n) is 7.21. The van der Waals surface area contributed by atoms with Crippen molar-refractivity contribution in [2.45, 2.75) is 23.8 Å². The van der Waals surface area contributed by atoms with Crippen molar-refractivity contribution in [1.82, 2.24) is 4.90 Å². The summed E-state index contributed by atoms with van der Waals surface area (Å²) < 4.78 is 22.9. The van der Waals surface area contributed by atoms with E-state index in [1.165, 1.54) is 12.1 Å². The molecule has 2 N–H and O–H groups in total. The molecule has 1 aromatic carbocycles. The van der Waals surface area contributed by atoms with Gasteiger partial charge in [-0.2, -0.15) is 0 Å². The third-order valence-electron chi connectivity index (χ3n) is 4.73. The zero-order valence-electron chi connectivity index (χ0n) is 12.4. The molecular formula is C15H21ClN2O3S. The minimum Gasteiger partial charge on any atom is -0.338 e. The number of hydrogen-bond acceptors (Lipinski definition) is 4. The van der Waals surface area contributed by atoms with Crippen LogP contribution in [-0.4, -0.2) is 44.6 Å². The maximum absolute atomic E-state index is 12.5. The predicted molar refractivity (Wildman–Crippen MR) is 86.9 cm³/mol. The van der Waals surface area contributed by atoms with Crippen molar-refractivity contribution in [2.24, 2.45) is 17.6 Å². The lowest BCUT2D eigenvalue weighted by molar-refractivity contribution is 0.0779. The smallest absolute Gasteiger partial charge is 0.253 e. The molecule has 1 saturated heterocycles. The summed E-state index contributed by atoms with van der Waals surface area (Å²) in [5, 5.41) is 0. The Hall–Kier alpha value is -1.11. The number of amides is 1. The fourth-order valence-electron chi connectivity index (χ4n) is 3.50. The van der Waals surface area contributed by atoms with Gasteiger partial charge in [-0.25, -0.2) is 8.42 Å². The molecule has 2 aliphatic rings. The van der Waals surface area contributed by atoms with E-state index >= 15 is 0 Å². The molecule has 1 aliphatic heterocycles.